The van der Waals surface area contributed by atoms with Gasteiger partial charge in [-0.25, -0.2) is 0 Å². The average Bonchev–Trinajstić information content (AvgIpc) is 2.05. The first-order valence-corrected chi connectivity index (χ1v) is 4.36. The quantitative estimate of drug-likeness (QED) is 0.578. The van der Waals surface area contributed by atoms with Gasteiger partial charge in [-0.1, -0.05) is 12.1 Å². The van der Waals surface area contributed by atoms with E-state index in [1.165, 1.54) is 0 Å². The van der Waals surface area contributed by atoms with Gasteiger partial charge in [0.05, 0.1) is 12.2 Å². The van der Waals surface area contributed by atoms with Gasteiger partial charge in [-0.2, -0.15) is 0 Å². The molecule has 1 aromatic rings. The molecule has 0 aromatic heterocycles. The van der Waals surface area contributed by atoms with Crippen LogP contribution in [0.2, 0.25) is 0 Å². The highest BCUT2D eigenvalue weighted by molar-refractivity contribution is 6.18. The summed E-state index contributed by atoms with van der Waals surface area (Å²) in [5, 5.41) is 10.5. The Hall–Kier alpha value is -0.730. The topological polar surface area (TPSA) is 23.5 Å². The van der Waals surface area contributed by atoms with E-state index in [2.05, 4.69) is 0 Å². The van der Waals surface area contributed by atoms with Gasteiger partial charge in [0, 0.05) is 5.88 Å². The van der Waals surface area contributed by atoms with Crippen molar-refractivity contribution in [3.05, 3.63) is 29.8 Å². The van der Waals surface area contributed by atoms with Crippen molar-refractivity contribution in [3.8, 4) is 0 Å². The number of anilines is 1. The average molecular weight is 186 g/mol. The lowest BCUT2D eigenvalue weighted by Gasteiger charge is -2.15. The highest BCUT2D eigenvalue weighted by atomic mass is 35.5. The van der Waals surface area contributed by atoms with Crippen LogP contribution in [0.5, 0.6) is 0 Å². The normalized spacial score (nSPS) is 9.92. The van der Waals surface area contributed by atoms with Crippen molar-refractivity contribution in [1.29, 1.82) is 0 Å². The minimum Gasteiger partial charge on any atom is -0.288 e. The van der Waals surface area contributed by atoms with Crippen LogP contribution in [0.3, 0.4) is 0 Å². The summed E-state index contributed by atoms with van der Waals surface area (Å²) < 4.78 is 0. The van der Waals surface area contributed by atoms with Crippen LogP contribution in [0.25, 0.3) is 0 Å². The number of hydrogen-bond donors (Lipinski definition) is 1. The lowest BCUT2D eigenvalue weighted by atomic mass is 10.2. The van der Waals surface area contributed by atoms with Crippen molar-refractivity contribution in [3.63, 3.8) is 0 Å². The van der Waals surface area contributed by atoms with Gasteiger partial charge in [0.15, 0.2) is 0 Å². The molecular formula is C9H12ClNO. The summed E-state index contributed by atoms with van der Waals surface area (Å²) in [6.45, 7) is 2.43. The first-order chi connectivity index (χ1) is 5.74. The molecule has 0 fully saturated rings. The number of alkyl halides is 1. The van der Waals surface area contributed by atoms with E-state index in [0.29, 0.717) is 12.4 Å². The molecule has 1 aromatic carbocycles. The van der Waals surface area contributed by atoms with Crippen molar-refractivity contribution in [1.82, 2.24) is 0 Å². The fourth-order valence-electron chi connectivity index (χ4n) is 0.998. The molecule has 0 aliphatic heterocycles. The molecule has 0 bridgehead atoms. The Morgan fingerprint density at radius 2 is 2.25 bits per heavy atom. The maximum absolute atomic E-state index is 9.39. The van der Waals surface area contributed by atoms with Gasteiger partial charge in [0.2, 0.25) is 0 Å². The van der Waals surface area contributed by atoms with Crippen LogP contribution < -0.4 is 5.06 Å². The zero-order valence-corrected chi connectivity index (χ0v) is 7.75. The second-order valence-corrected chi connectivity index (χ2v) is 3.03. The third-order valence-corrected chi connectivity index (χ3v) is 1.77. The third kappa shape index (κ3) is 2.40. The van der Waals surface area contributed by atoms with E-state index in [1.807, 2.05) is 31.2 Å². The molecule has 0 aliphatic carbocycles. The zero-order chi connectivity index (χ0) is 8.97. The molecule has 0 radical (unpaired) electrons. The Kier molecular flexibility index (Phi) is 3.38. The second kappa shape index (κ2) is 4.33. The van der Waals surface area contributed by atoms with Crippen LogP contribution in [0.4, 0.5) is 5.69 Å². The van der Waals surface area contributed by atoms with Crippen LogP contribution >= 0.6 is 11.6 Å². The predicted octanol–water partition coefficient (Wildman–Crippen LogP) is 2.43. The molecule has 0 saturated heterocycles. The third-order valence-electron chi connectivity index (χ3n) is 1.60. The Balaban J connectivity index is 2.73. The van der Waals surface area contributed by atoms with Crippen LogP contribution in [-0.4, -0.2) is 17.6 Å². The molecule has 0 spiro atoms. The molecule has 12 heavy (non-hydrogen) atoms. The smallest absolute Gasteiger partial charge is 0.0637 e. The summed E-state index contributed by atoms with van der Waals surface area (Å²) in [6.07, 6.45) is 0. The van der Waals surface area contributed by atoms with E-state index >= 15 is 0 Å². The van der Waals surface area contributed by atoms with E-state index in [0.717, 1.165) is 16.3 Å². The SMILES string of the molecule is Cc1cccc(N(O)CCCl)c1. The number of hydroxylamine groups is 1. The summed E-state index contributed by atoms with van der Waals surface area (Å²) in [6, 6.07) is 7.65. The molecular weight excluding hydrogens is 174 g/mol. The number of halogens is 1. The molecule has 0 unspecified atom stereocenters. The molecule has 0 atom stereocenters. The molecule has 0 heterocycles. The zero-order valence-electron chi connectivity index (χ0n) is 7.00. The summed E-state index contributed by atoms with van der Waals surface area (Å²) in [5.74, 6) is 0.421. The molecule has 0 aliphatic rings. The number of nitrogens with zero attached hydrogens (tertiary/aromatic N) is 1. The second-order valence-electron chi connectivity index (χ2n) is 2.65. The van der Waals surface area contributed by atoms with Crippen molar-refractivity contribution in [2.75, 3.05) is 17.5 Å². The Morgan fingerprint density at radius 1 is 1.50 bits per heavy atom. The van der Waals surface area contributed by atoms with Crippen LogP contribution in [0.1, 0.15) is 5.56 Å². The number of hydrogen-bond acceptors (Lipinski definition) is 2. The molecule has 1 rings (SSSR count). The van der Waals surface area contributed by atoms with Crippen molar-refractivity contribution in [2.45, 2.75) is 6.92 Å². The van der Waals surface area contributed by atoms with Crippen LogP contribution in [0.15, 0.2) is 24.3 Å². The molecule has 66 valence electrons. The van der Waals surface area contributed by atoms with Crippen molar-refractivity contribution >= 4 is 17.3 Å². The predicted molar refractivity (Wildman–Crippen MR) is 51.0 cm³/mol. The summed E-state index contributed by atoms with van der Waals surface area (Å²) in [7, 11) is 0. The Labute approximate surface area is 77.3 Å². The maximum Gasteiger partial charge on any atom is 0.0637 e. The summed E-state index contributed by atoms with van der Waals surface area (Å²) in [5.41, 5.74) is 1.91. The van der Waals surface area contributed by atoms with E-state index in [1.54, 1.807) is 0 Å². The standard InChI is InChI=1S/C9H12ClNO/c1-8-3-2-4-9(7-8)11(12)6-5-10/h2-4,7,12H,5-6H2,1H3. The van der Waals surface area contributed by atoms with Crippen LogP contribution in [0, 0.1) is 6.92 Å². The van der Waals surface area contributed by atoms with Gasteiger partial charge in [0.25, 0.3) is 0 Å². The monoisotopic (exact) mass is 185 g/mol. The number of aryl methyl sites for hydroxylation is 1. The highest BCUT2D eigenvalue weighted by Crippen LogP contribution is 2.13. The van der Waals surface area contributed by atoms with E-state index < -0.39 is 0 Å². The number of benzene rings is 1. The fraction of sp³-hybridized carbons (Fsp3) is 0.333. The Bertz CT molecular complexity index is 252. The van der Waals surface area contributed by atoms with Gasteiger partial charge in [-0.15, -0.1) is 11.6 Å². The van der Waals surface area contributed by atoms with E-state index in [9.17, 15) is 5.21 Å². The van der Waals surface area contributed by atoms with Gasteiger partial charge in [-0.3, -0.25) is 10.3 Å². The van der Waals surface area contributed by atoms with Crippen LogP contribution in [-0.2, 0) is 0 Å². The van der Waals surface area contributed by atoms with Gasteiger partial charge < -0.3 is 0 Å². The minimum atomic E-state index is 0.421. The molecule has 0 amide bonds. The highest BCUT2D eigenvalue weighted by Gasteiger charge is 2.00. The molecule has 1 N–H and O–H groups in total. The van der Waals surface area contributed by atoms with Crippen molar-refractivity contribution < 1.29 is 5.21 Å². The molecule has 3 heteroatoms. The van der Waals surface area contributed by atoms with E-state index in [-0.39, 0.29) is 0 Å². The van der Waals surface area contributed by atoms with Gasteiger partial charge in [-0.05, 0) is 24.6 Å². The molecule has 2 nitrogen and oxygen atoms in total. The summed E-state index contributed by atoms with van der Waals surface area (Å²) >= 11 is 5.48. The minimum absolute atomic E-state index is 0.421. The van der Waals surface area contributed by atoms with Gasteiger partial charge in [0.1, 0.15) is 0 Å². The Morgan fingerprint density at radius 3 is 2.83 bits per heavy atom. The lowest BCUT2D eigenvalue weighted by molar-refractivity contribution is 0.261. The molecule has 0 saturated carbocycles. The first-order valence-electron chi connectivity index (χ1n) is 3.83. The summed E-state index contributed by atoms with van der Waals surface area (Å²) in [4.78, 5) is 0. The first kappa shape index (κ1) is 9.36. The maximum atomic E-state index is 9.39. The largest absolute Gasteiger partial charge is 0.288 e. The van der Waals surface area contributed by atoms with Gasteiger partial charge >= 0.3 is 0 Å². The van der Waals surface area contributed by atoms with E-state index in [4.69, 9.17) is 11.6 Å². The lowest BCUT2D eigenvalue weighted by Crippen LogP contribution is -2.20. The van der Waals surface area contributed by atoms with Crippen molar-refractivity contribution in [2.24, 2.45) is 0 Å². The number of rotatable bonds is 3. The fourth-order valence-corrected chi connectivity index (χ4v) is 1.16.